The van der Waals surface area contributed by atoms with E-state index in [-0.39, 0.29) is 0 Å². The van der Waals surface area contributed by atoms with Gasteiger partial charge in [0.15, 0.2) is 0 Å². The van der Waals surface area contributed by atoms with E-state index in [1.54, 1.807) is 0 Å². The lowest BCUT2D eigenvalue weighted by atomic mass is 10.2. The maximum Gasteiger partial charge on any atom is 0.128 e. The van der Waals surface area contributed by atoms with Crippen molar-refractivity contribution in [2.24, 2.45) is 0 Å². The lowest BCUT2D eigenvalue weighted by Crippen LogP contribution is -1.95. The third-order valence-corrected chi connectivity index (χ3v) is 3.25. The van der Waals surface area contributed by atoms with Gasteiger partial charge < -0.3 is 9.72 Å². The van der Waals surface area contributed by atoms with Crippen molar-refractivity contribution in [3.63, 3.8) is 0 Å². The molecule has 0 spiro atoms. The molecular formula is C17H17NO. The first kappa shape index (κ1) is 11.8. The third kappa shape index (κ3) is 2.63. The predicted molar refractivity (Wildman–Crippen MR) is 78.5 cm³/mol. The highest BCUT2D eigenvalue weighted by atomic mass is 16.5. The average Bonchev–Trinajstić information content (AvgIpc) is 2.80. The van der Waals surface area contributed by atoms with Crippen molar-refractivity contribution in [3.05, 3.63) is 65.4 Å². The first-order chi connectivity index (χ1) is 9.20. The SMILES string of the molecule is Cc1ccc(OCc2cc3cc(C)ccc3[nH]2)cc1. The number of nitrogens with one attached hydrogen (secondary N) is 1. The number of fused-ring (bicyclic) bond motifs is 1. The number of rotatable bonds is 3. The van der Waals surface area contributed by atoms with E-state index in [0.29, 0.717) is 6.61 Å². The molecule has 2 heteroatoms. The maximum absolute atomic E-state index is 5.78. The van der Waals surface area contributed by atoms with Crippen molar-refractivity contribution in [2.45, 2.75) is 20.5 Å². The van der Waals surface area contributed by atoms with Crippen molar-refractivity contribution in [2.75, 3.05) is 0 Å². The molecule has 0 atom stereocenters. The first-order valence-electron chi connectivity index (χ1n) is 6.48. The van der Waals surface area contributed by atoms with Gasteiger partial charge >= 0.3 is 0 Å². The van der Waals surface area contributed by atoms with Crippen LogP contribution in [0.1, 0.15) is 16.8 Å². The minimum absolute atomic E-state index is 0.566. The zero-order valence-electron chi connectivity index (χ0n) is 11.2. The lowest BCUT2D eigenvalue weighted by molar-refractivity contribution is 0.302. The fraction of sp³-hybridized carbons (Fsp3) is 0.176. The standard InChI is InChI=1S/C17H17NO/c1-12-3-6-16(7-4-12)19-11-15-10-14-9-13(2)5-8-17(14)18-15/h3-10,18H,11H2,1-2H3. The molecule has 0 aliphatic carbocycles. The summed E-state index contributed by atoms with van der Waals surface area (Å²) in [6.45, 7) is 4.75. The lowest BCUT2D eigenvalue weighted by Gasteiger charge is -2.04. The Morgan fingerprint density at radius 2 is 1.63 bits per heavy atom. The van der Waals surface area contributed by atoms with Crippen LogP contribution in [-0.2, 0) is 6.61 Å². The van der Waals surface area contributed by atoms with Crippen LogP contribution in [0.2, 0.25) is 0 Å². The molecule has 1 aromatic heterocycles. The Morgan fingerprint density at radius 3 is 2.42 bits per heavy atom. The van der Waals surface area contributed by atoms with Gasteiger partial charge in [0.25, 0.3) is 0 Å². The van der Waals surface area contributed by atoms with E-state index >= 15 is 0 Å². The molecule has 96 valence electrons. The summed E-state index contributed by atoms with van der Waals surface area (Å²) in [6, 6.07) is 16.7. The van der Waals surface area contributed by atoms with E-state index in [9.17, 15) is 0 Å². The monoisotopic (exact) mass is 251 g/mol. The number of benzene rings is 2. The van der Waals surface area contributed by atoms with Crippen LogP contribution in [0.4, 0.5) is 0 Å². The minimum atomic E-state index is 0.566. The molecule has 2 aromatic carbocycles. The summed E-state index contributed by atoms with van der Waals surface area (Å²) < 4.78 is 5.78. The van der Waals surface area contributed by atoms with E-state index in [2.05, 4.69) is 55.2 Å². The molecule has 0 unspecified atom stereocenters. The number of aromatic amines is 1. The molecule has 0 amide bonds. The van der Waals surface area contributed by atoms with Gasteiger partial charge in [0.2, 0.25) is 0 Å². The second kappa shape index (κ2) is 4.81. The van der Waals surface area contributed by atoms with Gasteiger partial charge in [0.05, 0.1) is 5.69 Å². The summed E-state index contributed by atoms with van der Waals surface area (Å²) in [5.41, 5.74) is 4.78. The van der Waals surface area contributed by atoms with Crippen LogP contribution < -0.4 is 4.74 Å². The van der Waals surface area contributed by atoms with Gasteiger partial charge in [-0.25, -0.2) is 0 Å². The summed E-state index contributed by atoms with van der Waals surface area (Å²) >= 11 is 0. The Bertz CT molecular complexity index is 695. The van der Waals surface area contributed by atoms with Gasteiger partial charge in [0.1, 0.15) is 12.4 Å². The van der Waals surface area contributed by atoms with E-state index in [1.807, 2.05) is 12.1 Å². The van der Waals surface area contributed by atoms with E-state index in [1.165, 1.54) is 16.5 Å². The first-order valence-corrected chi connectivity index (χ1v) is 6.48. The highest BCUT2D eigenvalue weighted by molar-refractivity contribution is 5.81. The minimum Gasteiger partial charge on any atom is -0.487 e. The van der Waals surface area contributed by atoms with Gasteiger partial charge in [0, 0.05) is 10.9 Å². The predicted octanol–water partition coefficient (Wildman–Crippen LogP) is 4.36. The Balaban J connectivity index is 1.76. The number of hydrogen-bond donors (Lipinski definition) is 1. The molecule has 2 nitrogen and oxygen atoms in total. The number of aromatic nitrogens is 1. The second-order valence-corrected chi connectivity index (χ2v) is 4.99. The molecule has 1 heterocycles. The molecule has 3 aromatic rings. The van der Waals surface area contributed by atoms with Crippen LogP contribution >= 0.6 is 0 Å². The average molecular weight is 251 g/mol. The van der Waals surface area contributed by atoms with Gasteiger partial charge in [-0.2, -0.15) is 0 Å². The van der Waals surface area contributed by atoms with Crippen molar-refractivity contribution in [3.8, 4) is 5.75 Å². The van der Waals surface area contributed by atoms with Gasteiger partial charge in [-0.05, 0) is 44.2 Å². The van der Waals surface area contributed by atoms with Gasteiger partial charge in [-0.1, -0.05) is 29.3 Å². The van der Waals surface area contributed by atoms with Gasteiger partial charge in [-0.15, -0.1) is 0 Å². The quantitative estimate of drug-likeness (QED) is 0.735. The highest BCUT2D eigenvalue weighted by Crippen LogP contribution is 2.19. The summed E-state index contributed by atoms with van der Waals surface area (Å²) in [5.74, 6) is 0.903. The highest BCUT2D eigenvalue weighted by Gasteiger charge is 2.02. The Morgan fingerprint density at radius 1 is 0.895 bits per heavy atom. The topological polar surface area (TPSA) is 25.0 Å². The molecule has 0 aliphatic heterocycles. The van der Waals surface area contributed by atoms with E-state index in [4.69, 9.17) is 4.74 Å². The normalized spacial score (nSPS) is 10.8. The Kier molecular flexibility index (Phi) is 3.00. The Labute approximate surface area is 113 Å². The second-order valence-electron chi connectivity index (χ2n) is 4.99. The summed E-state index contributed by atoms with van der Waals surface area (Å²) in [5, 5.41) is 1.24. The van der Waals surface area contributed by atoms with Crippen molar-refractivity contribution in [1.82, 2.24) is 4.98 Å². The van der Waals surface area contributed by atoms with Crippen molar-refractivity contribution in [1.29, 1.82) is 0 Å². The fourth-order valence-electron chi connectivity index (χ4n) is 2.19. The molecule has 19 heavy (non-hydrogen) atoms. The van der Waals surface area contributed by atoms with Crippen molar-refractivity contribution >= 4 is 10.9 Å². The molecule has 3 rings (SSSR count). The molecular weight excluding hydrogens is 234 g/mol. The number of H-pyrrole nitrogens is 1. The van der Waals surface area contributed by atoms with Crippen LogP contribution in [-0.4, -0.2) is 4.98 Å². The zero-order valence-corrected chi connectivity index (χ0v) is 11.2. The number of aryl methyl sites for hydroxylation is 2. The molecule has 0 saturated carbocycles. The van der Waals surface area contributed by atoms with Crippen molar-refractivity contribution < 1.29 is 4.74 Å². The summed E-state index contributed by atoms with van der Waals surface area (Å²) in [7, 11) is 0. The molecule has 1 N–H and O–H groups in total. The third-order valence-electron chi connectivity index (χ3n) is 3.25. The molecule has 0 fully saturated rings. The fourth-order valence-corrected chi connectivity index (χ4v) is 2.19. The molecule has 0 radical (unpaired) electrons. The van der Waals surface area contributed by atoms with E-state index < -0.39 is 0 Å². The van der Waals surface area contributed by atoms with Crippen LogP contribution in [0, 0.1) is 13.8 Å². The molecule has 0 saturated heterocycles. The number of hydrogen-bond acceptors (Lipinski definition) is 1. The Hall–Kier alpha value is -2.22. The molecule has 0 bridgehead atoms. The smallest absolute Gasteiger partial charge is 0.128 e. The van der Waals surface area contributed by atoms with Crippen LogP contribution in [0.15, 0.2) is 48.5 Å². The van der Waals surface area contributed by atoms with E-state index in [0.717, 1.165) is 17.0 Å². The summed E-state index contributed by atoms with van der Waals surface area (Å²) in [4.78, 5) is 3.38. The number of ether oxygens (including phenoxy) is 1. The zero-order chi connectivity index (χ0) is 13.2. The van der Waals surface area contributed by atoms with Gasteiger partial charge in [-0.3, -0.25) is 0 Å². The summed E-state index contributed by atoms with van der Waals surface area (Å²) in [6.07, 6.45) is 0. The largest absolute Gasteiger partial charge is 0.487 e. The van der Waals surface area contributed by atoms with Crippen LogP contribution in [0.3, 0.4) is 0 Å². The molecule has 0 aliphatic rings. The maximum atomic E-state index is 5.78. The van der Waals surface area contributed by atoms with Crippen LogP contribution in [0.5, 0.6) is 5.75 Å². The van der Waals surface area contributed by atoms with Crippen LogP contribution in [0.25, 0.3) is 10.9 Å².